The van der Waals surface area contributed by atoms with Crippen molar-refractivity contribution in [2.45, 2.75) is 32.8 Å². The molecule has 0 fully saturated rings. The molecule has 1 aromatic heterocycles. The Labute approximate surface area is 236 Å². The van der Waals surface area contributed by atoms with Crippen molar-refractivity contribution in [3.63, 3.8) is 0 Å². The monoisotopic (exact) mass is 625 g/mol. The highest BCUT2D eigenvalue weighted by molar-refractivity contribution is 9.10. The minimum atomic E-state index is -0.258. The molecule has 0 unspecified atom stereocenters. The maximum absolute atomic E-state index is 13.3. The van der Waals surface area contributed by atoms with Crippen LogP contribution in [0.25, 0.3) is 10.9 Å². The molecular formula is C26H20BrCl4N3O2. The number of hydrogen-bond acceptors (Lipinski definition) is 4. The number of ether oxygens (including phenoxy) is 1. The molecule has 0 saturated carbocycles. The van der Waals surface area contributed by atoms with Crippen molar-refractivity contribution < 1.29 is 4.74 Å². The predicted molar refractivity (Wildman–Crippen MR) is 153 cm³/mol. The molecule has 0 spiro atoms. The van der Waals surface area contributed by atoms with Crippen LogP contribution in [0, 0.1) is 0 Å². The standard InChI is InChI=1S/C26H20BrCl4N3O2/c1-3-14(2)25-33-23-7-5-17(27)11-18(23)26(35)34(25)32-12-16-9-21(30)24(22(31)10-16)36-13-15-4-6-19(28)20(29)8-15/h4-12,14H,3,13H2,1-2H3/t14-/m1/s1. The van der Waals surface area contributed by atoms with Gasteiger partial charge in [0.05, 0.1) is 37.2 Å². The normalized spacial score (nSPS) is 12.4. The molecule has 4 aromatic rings. The van der Waals surface area contributed by atoms with Crippen LogP contribution in [0.2, 0.25) is 20.1 Å². The molecule has 0 N–H and O–H groups in total. The summed E-state index contributed by atoms with van der Waals surface area (Å²) in [5, 5.41) is 6.44. The fourth-order valence-corrected chi connectivity index (χ4v) is 4.78. The molecule has 10 heteroatoms. The predicted octanol–water partition coefficient (Wildman–Crippen LogP) is 8.75. The average Bonchev–Trinajstić information content (AvgIpc) is 2.84. The van der Waals surface area contributed by atoms with E-state index >= 15 is 0 Å². The molecular weight excluding hydrogens is 608 g/mol. The van der Waals surface area contributed by atoms with Crippen molar-refractivity contribution in [3.05, 3.63) is 100 Å². The number of aromatic nitrogens is 2. The second-order valence-corrected chi connectivity index (χ2v) is 10.7. The van der Waals surface area contributed by atoms with Gasteiger partial charge in [-0.05, 0) is 60.0 Å². The lowest BCUT2D eigenvalue weighted by Crippen LogP contribution is -2.23. The summed E-state index contributed by atoms with van der Waals surface area (Å²) in [6.45, 7) is 4.24. The van der Waals surface area contributed by atoms with Crippen LogP contribution in [0.3, 0.4) is 0 Å². The Morgan fingerprint density at radius 3 is 2.42 bits per heavy atom. The van der Waals surface area contributed by atoms with Gasteiger partial charge in [0.2, 0.25) is 0 Å². The second kappa shape index (κ2) is 11.5. The minimum Gasteiger partial charge on any atom is -0.486 e. The van der Waals surface area contributed by atoms with Crippen molar-refractivity contribution >= 4 is 79.5 Å². The molecule has 0 aliphatic rings. The molecule has 4 rings (SSSR count). The van der Waals surface area contributed by atoms with Crippen LogP contribution in [0.15, 0.2) is 62.9 Å². The Bertz CT molecular complexity index is 1520. The zero-order valence-electron chi connectivity index (χ0n) is 19.2. The molecule has 0 radical (unpaired) electrons. The lowest BCUT2D eigenvalue weighted by molar-refractivity contribution is 0.306. The van der Waals surface area contributed by atoms with Crippen molar-refractivity contribution in [3.8, 4) is 5.75 Å². The summed E-state index contributed by atoms with van der Waals surface area (Å²) in [4.78, 5) is 18.0. The molecule has 5 nitrogen and oxygen atoms in total. The van der Waals surface area contributed by atoms with Crippen LogP contribution in [-0.4, -0.2) is 15.9 Å². The number of fused-ring (bicyclic) bond motifs is 1. The van der Waals surface area contributed by atoms with E-state index in [9.17, 15) is 4.79 Å². The van der Waals surface area contributed by atoms with Crippen molar-refractivity contribution in [2.75, 3.05) is 0 Å². The van der Waals surface area contributed by atoms with Gasteiger partial charge in [-0.2, -0.15) is 9.78 Å². The van der Waals surface area contributed by atoms with Gasteiger partial charge >= 0.3 is 0 Å². The fourth-order valence-electron chi connectivity index (χ4n) is 3.48. The van der Waals surface area contributed by atoms with E-state index in [0.29, 0.717) is 48.1 Å². The van der Waals surface area contributed by atoms with Crippen molar-refractivity contribution in [2.24, 2.45) is 5.10 Å². The Balaban J connectivity index is 1.66. The van der Waals surface area contributed by atoms with E-state index in [-0.39, 0.29) is 18.1 Å². The topological polar surface area (TPSA) is 56.5 Å². The highest BCUT2D eigenvalue weighted by atomic mass is 79.9. The SMILES string of the molecule is CC[C@@H](C)c1nc2ccc(Br)cc2c(=O)n1N=Cc1cc(Cl)c(OCc2ccc(Cl)c(Cl)c2)c(Cl)c1. The highest BCUT2D eigenvalue weighted by Gasteiger charge is 2.16. The second-order valence-electron chi connectivity index (χ2n) is 8.15. The van der Waals surface area contributed by atoms with Gasteiger partial charge in [-0.1, -0.05) is 82.2 Å². The summed E-state index contributed by atoms with van der Waals surface area (Å²) >= 11 is 28.4. The van der Waals surface area contributed by atoms with E-state index in [1.165, 1.54) is 10.9 Å². The van der Waals surface area contributed by atoms with Crippen LogP contribution >= 0.6 is 62.3 Å². The van der Waals surface area contributed by atoms with E-state index in [4.69, 9.17) is 56.1 Å². The van der Waals surface area contributed by atoms with Crippen LogP contribution in [0.5, 0.6) is 5.75 Å². The number of benzene rings is 3. The zero-order valence-corrected chi connectivity index (χ0v) is 23.8. The number of hydrogen-bond donors (Lipinski definition) is 0. The first-order chi connectivity index (χ1) is 17.2. The Kier molecular flexibility index (Phi) is 8.63. The fraction of sp³-hybridized carbons (Fsp3) is 0.192. The molecule has 3 aromatic carbocycles. The van der Waals surface area contributed by atoms with Gasteiger partial charge in [-0.25, -0.2) is 4.98 Å². The van der Waals surface area contributed by atoms with Crippen LogP contribution < -0.4 is 10.3 Å². The average molecular weight is 628 g/mol. The van der Waals surface area contributed by atoms with Gasteiger partial charge in [0.1, 0.15) is 12.4 Å². The minimum absolute atomic E-state index is 0.0206. The molecule has 0 aliphatic heterocycles. The van der Waals surface area contributed by atoms with E-state index in [2.05, 4.69) is 21.0 Å². The maximum Gasteiger partial charge on any atom is 0.282 e. The van der Waals surface area contributed by atoms with E-state index < -0.39 is 0 Å². The summed E-state index contributed by atoms with van der Waals surface area (Å²) in [7, 11) is 0. The summed E-state index contributed by atoms with van der Waals surface area (Å²) in [6, 6.07) is 14.0. The third kappa shape index (κ3) is 5.90. The first kappa shape index (κ1) is 27.0. The van der Waals surface area contributed by atoms with Crippen LogP contribution in [0.4, 0.5) is 0 Å². The van der Waals surface area contributed by atoms with E-state index in [1.54, 1.807) is 36.4 Å². The third-order valence-corrected chi connectivity index (χ3v) is 7.39. The van der Waals surface area contributed by atoms with Gasteiger partial charge in [0.15, 0.2) is 5.75 Å². The van der Waals surface area contributed by atoms with Gasteiger partial charge in [0.25, 0.3) is 5.56 Å². The molecule has 186 valence electrons. The molecule has 0 saturated heterocycles. The zero-order chi connectivity index (χ0) is 26.0. The van der Waals surface area contributed by atoms with Gasteiger partial charge < -0.3 is 4.74 Å². The number of halogens is 5. The van der Waals surface area contributed by atoms with E-state index in [1.807, 2.05) is 26.0 Å². The highest BCUT2D eigenvalue weighted by Crippen LogP contribution is 2.35. The third-order valence-electron chi connectivity index (χ3n) is 5.60. The number of rotatable bonds is 7. The molecule has 0 amide bonds. The lowest BCUT2D eigenvalue weighted by atomic mass is 10.1. The van der Waals surface area contributed by atoms with Crippen molar-refractivity contribution in [1.82, 2.24) is 9.66 Å². The summed E-state index contributed by atoms with van der Waals surface area (Å²) < 4.78 is 7.95. The lowest BCUT2D eigenvalue weighted by Gasteiger charge is -2.14. The smallest absolute Gasteiger partial charge is 0.282 e. The number of nitrogens with zero attached hydrogens (tertiary/aromatic N) is 3. The summed E-state index contributed by atoms with van der Waals surface area (Å²) in [5.74, 6) is 0.927. The summed E-state index contributed by atoms with van der Waals surface area (Å²) in [5.41, 5.74) is 1.78. The first-order valence-corrected chi connectivity index (χ1v) is 13.3. The maximum atomic E-state index is 13.3. The molecule has 0 aliphatic carbocycles. The quantitative estimate of drug-likeness (QED) is 0.193. The Hall–Kier alpha value is -2.09. The van der Waals surface area contributed by atoms with Crippen molar-refractivity contribution in [1.29, 1.82) is 0 Å². The van der Waals surface area contributed by atoms with E-state index in [0.717, 1.165) is 16.5 Å². The Morgan fingerprint density at radius 1 is 1.03 bits per heavy atom. The summed E-state index contributed by atoms with van der Waals surface area (Å²) in [6.07, 6.45) is 2.33. The largest absolute Gasteiger partial charge is 0.486 e. The molecule has 1 atom stereocenters. The van der Waals surface area contributed by atoms with Crippen LogP contribution in [0.1, 0.15) is 43.1 Å². The van der Waals surface area contributed by atoms with Gasteiger partial charge in [-0.15, -0.1) is 0 Å². The van der Waals surface area contributed by atoms with Gasteiger partial charge in [0, 0.05) is 10.4 Å². The molecule has 0 bridgehead atoms. The van der Waals surface area contributed by atoms with Gasteiger partial charge in [-0.3, -0.25) is 4.79 Å². The van der Waals surface area contributed by atoms with Crippen LogP contribution in [-0.2, 0) is 6.61 Å². The Morgan fingerprint density at radius 2 is 1.75 bits per heavy atom. The molecule has 36 heavy (non-hydrogen) atoms. The first-order valence-electron chi connectivity index (χ1n) is 11.0. The molecule has 1 heterocycles.